The number of ether oxygens (including phenoxy) is 1. The molecule has 0 saturated heterocycles. The summed E-state index contributed by atoms with van der Waals surface area (Å²) in [6.45, 7) is 0.170. The molecule has 0 fully saturated rings. The quantitative estimate of drug-likeness (QED) is 0.549. The van der Waals surface area contributed by atoms with Gasteiger partial charge in [-0.1, -0.05) is 6.07 Å². The van der Waals surface area contributed by atoms with E-state index in [1.807, 2.05) is 35.0 Å². The Hall–Kier alpha value is -3.03. The summed E-state index contributed by atoms with van der Waals surface area (Å²) in [5.74, 6) is -0.627. The van der Waals surface area contributed by atoms with E-state index in [1.54, 1.807) is 24.7 Å². The number of halogens is 1. The lowest BCUT2D eigenvalue weighted by Gasteiger charge is -2.08. The van der Waals surface area contributed by atoms with Crippen LogP contribution in [0.25, 0.3) is 15.8 Å². The van der Waals surface area contributed by atoms with Gasteiger partial charge in [0.1, 0.15) is 5.82 Å². The molecule has 136 valence electrons. The summed E-state index contributed by atoms with van der Waals surface area (Å²) in [6.07, 6.45) is 5.25. The molecule has 1 amide bonds. The van der Waals surface area contributed by atoms with Crippen molar-refractivity contribution in [3.8, 4) is 5.69 Å². The smallest absolute Gasteiger partial charge is 0.266 e. The minimum absolute atomic E-state index is 0.170. The Kier molecular flexibility index (Phi) is 4.70. The molecule has 0 spiro atoms. The summed E-state index contributed by atoms with van der Waals surface area (Å²) in [5.41, 5.74) is 2.17. The highest BCUT2D eigenvalue weighted by molar-refractivity contribution is 7.21. The van der Waals surface area contributed by atoms with Gasteiger partial charge >= 0.3 is 0 Å². The van der Waals surface area contributed by atoms with Crippen LogP contribution in [-0.4, -0.2) is 22.6 Å². The van der Waals surface area contributed by atoms with Crippen LogP contribution in [0.15, 0.2) is 61.2 Å². The van der Waals surface area contributed by atoms with Gasteiger partial charge in [0.2, 0.25) is 0 Å². The molecule has 0 aliphatic rings. The maximum absolute atomic E-state index is 14.3. The van der Waals surface area contributed by atoms with Crippen LogP contribution in [0.1, 0.15) is 15.2 Å². The number of rotatable bonds is 5. The molecule has 2 aromatic heterocycles. The highest BCUT2D eigenvalue weighted by Gasteiger charge is 2.20. The zero-order valence-corrected chi connectivity index (χ0v) is 15.3. The number of carbonyl (C=O) groups is 1. The summed E-state index contributed by atoms with van der Waals surface area (Å²) in [5, 5.41) is 3.33. The van der Waals surface area contributed by atoms with Gasteiger partial charge in [-0.3, -0.25) is 4.79 Å². The molecule has 2 heterocycles. The van der Waals surface area contributed by atoms with Crippen molar-refractivity contribution in [2.75, 3.05) is 12.4 Å². The summed E-state index contributed by atoms with van der Waals surface area (Å²) in [6, 6.07) is 12.2. The molecule has 5 nitrogen and oxygen atoms in total. The van der Waals surface area contributed by atoms with E-state index in [9.17, 15) is 9.18 Å². The molecule has 0 aliphatic heterocycles. The third-order valence-electron chi connectivity index (χ3n) is 4.19. The van der Waals surface area contributed by atoms with Crippen molar-refractivity contribution in [1.29, 1.82) is 0 Å². The van der Waals surface area contributed by atoms with E-state index in [0.29, 0.717) is 21.5 Å². The van der Waals surface area contributed by atoms with Gasteiger partial charge in [-0.15, -0.1) is 11.3 Å². The molecule has 0 bridgehead atoms. The highest BCUT2D eigenvalue weighted by atomic mass is 32.1. The number of benzene rings is 2. The molecular weight excluding hydrogens is 365 g/mol. The molecule has 0 unspecified atom stereocenters. The van der Waals surface area contributed by atoms with E-state index in [4.69, 9.17) is 4.74 Å². The number of carbonyl (C=O) groups excluding carboxylic acids is 1. The number of anilines is 1. The van der Waals surface area contributed by atoms with E-state index < -0.39 is 0 Å². The minimum Gasteiger partial charge on any atom is -0.380 e. The summed E-state index contributed by atoms with van der Waals surface area (Å²) >= 11 is 1.26. The molecule has 0 radical (unpaired) electrons. The van der Waals surface area contributed by atoms with Crippen LogP contribution in [0, 0.1) is 5.82 Å². The number of imidazole rings is 1. The fourth-order valence-corrected chi connectivity index (χ4v) is 4.07. The first-order chi connectivity index (χ1) is 13.2. The number of nitrogens with one attached hydrogen (secondary N) is 1. The standard InChI is InChI=1S/C20H16FN3O2S/c1-26-11-15-18-16(21)3-2-4-17(18)27-19(15)20(25)23-13-5-7-14(8-6-13)24-10-9-22-12-24/h2-10,12H,11H2,1H3,(H,23,25). The number of thiophene rings is 1. The van der Waals surface area contributed by atoms with E-state index in [-0.39, 0.29) is 18.3 Å². The Bertz CT molecular complexity index is 1090. The van der Waals surface area contributed by atoms with Crippen molar-refractivity contribution in [2.24, 2.45) is 0 Å². The van der Waals surface area contributed by atoms with Gasteiger partial charge in [0, 0.05) is 46.5 Å². The molecule has 4 rings (SSSR count). The van der Waals surface area contributed by atoms with Crippen LogP contribution in [0.3, 0.4) is 0 Å². The van der Waals surface area contributed by atoms with Gasteiger partial charge in [-0.05, 0) is 36.4 Å². The lowest BCUT2D eigenvalue weighted by molar-refractivity contribution is 0.102. The van der Waals surface area contributed by atoms with E-state index in [0.717, 1.165) is 10.4 Å². The Labute approximate surface area is 159 Å². The number of nitrogens with zero attached hydrogens (tertiary/aromatic N) is 2. The van der Waals surface area contributed by atoms with Crippen molar-refractivity contribution in [1.82, 2.24) is 9.55 Å². The van der Waals surface area contributed by atoms with Crippen LogP contribution < -0.4 is 5.32 Å². The monoisotopic (exact) mass is 381 g/mol. The number of methoxy groups -OCH3 is 1. The minimum atomic E-state index is -0.348. The van der Waals surface area contributed by atoms with Crippen LogP contribution in [0.4, 0.5) is 10.1 Å². The molecule has 7 heteroatoms. The second-order valence-electron chi connectivity index (χ2n) is 5.93. The maximum atomic E-state index is 14.3. The Morgan fingerprint density at radius 3 is 2.78 bits per heavy atom. The molecule has 4 aromatic rings. The van der Waals surface area contributed by atoms with Gasteiger partial charge in [-0.2, -0.15) is 0 Å². The van der Waals surface area contributed by atoms with Crippen molar-refractivity contribution in [3.05, 3.63) is 77.4 Å². The predicted octanol–water partition coefficient (Wildman–Crippen LogP) is 4.62. The van der Waals surface area contributed by atoms with Crippen molar-refractivity contribution in [3.63, 3.8) is 0 Å². The van der Waals surface area contributed by atoms with E-state index >= 15 is 0 Å². The Morgan fingerprint density at radius 1 is 1.26 bits per heavy atom. The molecule has 0 atom stereocenters. The van der Waals surface area contributed by atoms with Gasteiger partial charge in [-0.25, -0.2) is 9.37 Å². The largest absolute Gasteiger partial charge is 0.380 e. The normalized spacial score (nSPS) is 11.0. The summed E-state index contributed by atoms with van der Waals surface area (Å²) in [7, 11) is 1.53. The Balaban J connectivity index is 1.63. The third-order valence-corrected chi connectivity index (χ3v) is 5.38. The van der Waals surface area contributed by atoms with Crippen molar-refractivity contribution in [2.45, 2.75) is 6.61 Å². The second kappa shape index (κ2) is 7.30. The number of aromatic nitrogens is 2. The van der Waals surface area contributed by atoms with Crippen LogP contribution >= 0.6 is 11.3 Å². The predicted molar refractivity (Wildman–Crippen MR) is 104 cm³/mol. The fraction of sp³-hybridized carbons (Fsp3) is 0.100. The zero-order chi connectivity index (χ0) is 18.8. The SMILES string of the molecule is COCc1c(C(=O)Nc2ccc(-n3ccnc3)cc2)sc2cccc(F)c12. The average Bonchev–Trinajstić information content (AvgIpc) is 3.32. The first kappa shape index (κ1) is 17.4. The third kappa shape index (κ3) is 3.34. The molecular formula is C20H16FN3O2S. The number of fused-ring (bicyclic) bond motifs is 1. The average molecular weight is 381 g/mol. The summed E-state index contributed by atoms with van der Waals surface area (Å²) in [4.78, 5) is 17.3. The first-order valence-corrected chi connectivity index (χ1v) is 9.07. The van der Waals surface area contributed by atoms with Crippen molar-refractivity contribution >= 4 is 33.0 Å². The molecule has 0 saturated carbocycles. The molecule has 2 aromatic carbocycles. The zero-order valence-electron chi connectivity index (χ0n) is 14.5. The number of hydrogen-bond acceptors (Lipinski definition) is 4. The van der Waals surface area contributed by atoms with Crippen molar-refractivity contribution < 1.29 is 13.9 Å². The van der Waals surface area contributed by atoms with Gasteiger partial charge in [0.25, 0.3) is 5.91 Å². The Morgan fingerprint density at radius 2 is 2.07 bits per heavy atom. The van der Waals surface area contributed by atoms with E-state index in [2.05, 4.69) is 10.3 Å². The molecule has 1 N–H and O–H groups in total. The molecule has 27 heavy (non-hydrogen) atoms. The topological polar surface area (TPSA) is 56.1 Å². The highest BCUT2D eigenvalue weighted by Crippen LogP contribution is 2.34. The molecule has 0 aliphatic carbocycles. The van der Waals surface area contributed by atoms with Crippen LogP contribution in [0.5, 0.6) is 0 Å². The van der Waals surface area contributed by atoms with E-state index in [1.165, 1.54) is 24.5 Å². The number of amides is 1. The lowest BCUT2D eigenvalue weighted by Crippen LogP contribution is -2.12. The fourth-order valence-electron chi connectivity index (χ4n) is 2.95. The number of hydrogen-bond donors (Lipinski definition) is 1. The lowest BCUT2D eigenvalue weighted by atomic mass is 10.1. The summed E-state index contributed by atoms with van der Waals surface area (Å²) < 4.78 is 22.1. The van der Waals surface area contributed by atoms with Gasteiger partial charge < -0.3 is 14.6 Å². The van der Waals surface area contributed by atoms with Gasteiger partial charge in [0.05, 0.1) is 17.8 Å². The van der Waals surface area contributed by atoms with Gasteiger partial charge in [0.15, 0.2) is 0 Å². The first-order valence-electron chi connectivity index (χ1n) is 8.26. The van der Waals surface area contributed by atoms with Crippen LogP contribution in [-0.2, 0) is 11.3 Å². The van der Waals surface area contributed by atoms with Crippen LogP contribution in [0.2, 0.25) is 0 Å². The maximum Gasteiger partial charge on any atom is 0.266 e. The second-order valence-corrected chi connectivity index (χ2v) is 6.98.